The number of anilines is 1. The Kier molecular flexibility index (Phi) is 5.38. The van der Waals surface area contributed by atoms with E-state index in [1.165, 1.54) is 4.31 Å². The first-order chi connectivity index (χ1) is 8.80. The zero-order valence-electron chi connectivity index (χ0n) is 12.3. The van der Waals surface area contributed by atoms with Gasteiger partial charge in [0.15, 0.2) is 0 Å². The van der Waals surface area contributed by atoms with Crippen molar-refractivity contribution in [3.63, 3.8) is 0 Å². The molecule has 1 unspecified atom stereocenters. The SMILES string of the molecule is CNc1ccccc1S(=O)(=O)N(C)C(C)CC(C)C. The first-order valence-electron chi connectivity index (χ1n) is 6.55. The smallest absolute Gasteiger partial charge is 0.245 e. The fourth-order valence-corrected chi connectivity index (χ4v) is 3.69. The molecule has 1 N–H and O–H groups in total. The van der Waals surface area contributed by atoms with E-state index in [2.05, 4.69) is 19.2 Å². The molecule has 19 heavy (non-hydrogen) atoms. The number of rotatable bonds is 6. The minimum Gasteiger partial charge on any atom is -0.387 e. The Morgan fingerprint density at radius 1 is 1.21 bits per heavy atom. The highest BCUT2D eigenvalue weighted by molar-refractivity contribution is 7.89. The molecule has 0 amide bonds. The van der Waals surface area contributed by atoms with Gasteiger partial charge in [-0.2, -0.15) is 4.31 Å². The minimum atomic E-state index is -3.46. The van der Waals surface area contributed by atoms with Crippen LogP contribution in [0.25, 0.3) is 0 Å². The second-order valence-corrected chi connectivity index (χ2v) is 7.21. The summed E-state index contributed by atoms with van der Waals surface area (Å²) in [7, 11) is -0.0801. The van der Waals surface area contributed by atoms with Gasteiger partial charge in [0, 0.05) is 20.1 Å². The highest BCUT2D eigenvalue weighted by Crippen LogP contribution is 2.25. The van der Waals surface area contributed by atoms with Gasteiger partial charge in [-0.1, -0.05) is 26.0 Å². The maximum Gasteiger partial charge on any atom is 0.245 e. The summed E-state index contributed by atoms with van der Waals surface area (Å²) in [6.07, 6.45) is 0.845. The van der Waals surface area contributed by atoms with E-state index in [4.69, 9.17) is 0 Å². The monoisotopic (exact) mass is 284 g/mol. The molecule has 1 aromatic carbocycles. The maximum absolute atomic E-state index is 12.6. The van der Waals surface area contributed by atoms with Crippen LogP contribution >= 0.6 is 0 Å². The number of benzene rings is 1. The lowest BCUT2D eigenvalue weighted by molar-refractivity contribution is 0.338. The van der Waals surface area contributed by atoms with E-state index in [1.54, 1.807) is 32.3 Å². The number of sulfonamides is 1. The second kappa shape index (κ2) is 6.39. The summed E-state index contributed by atoms with van der Waals surface area (Å²) in [6, 6.07) is 6.96. The fourth-order valence-electron chi connectivity index (χ4n) is 2.12. The zero-order valence-corrected chi connectivity index (χ0v) is 13.2. The summed E-state index contributed by atoms with van der Waals surface area (Å²) in [5, 5.41) is 2.93. The number of nitrogens with zero attached hydrogens (tertiary/aromatic N) is 1. The van der Waals surface area contributed by atoms with Gasteiger partial charge < -0.3 is 5.32 Å². The Bertz CT molecular complexity index is 512. The average Bonchev–Trinajstić information content (AvgIpc) is 2.36. The van der Waals surface area contributed by atoms with Crippen molar-refractivity contribution in [3.05, 3.63) is 24.3 Å². The van der Waals surface area contributed by atoms with Crippen LogP contribution in [0.15, 0.2) is 29.2 Å². The normalized spacial score (nSPS) is 13.8. The van der Waals surface area contributed by atoms with E-state index in [0.717, 1.165) is 6.42 Å². The van der Waals surface area contributed by atoms with Crippen LogP contribution in [0, 0.1) is 5.92 Å². The summed E-state index contributed by atoms with van der Waals surface area (Å²) in [5.74, 6) is 0.465. The van der Waals surface area contributed by atoms with Gasteiger partial charge in [0.2, 0.25) is 10.0 Å². The van der Waals surface area contributed by atoms with Crippen LogP contribution in [-0.4, -0.2) is 32.9 Å². The molecular formula is C14H24N2O2S. The molecule has 0 aliphatic rings. The quantitative estimate of drug-likeness (QED) is 0.874. The maximum atomic E-state index is 12.6. The third-order valence-corrected chi connectivity index (χ3v) is 5.28. The molecule has 0 aliphatic heterocycles. The van der Waals surface area contributed by atoms with Crippen molar-refractivity contribution >= 4 is 15.7 Å². The van der Waals surface area contributed by atoms with Gasteiger partial charge in [-0.05, 0) is 31.4 Å². The largest absolute Gasteiger partial charge is 0.387 e. The summed E-state index contributed by atoms with van der Waals surface area (Å²) in [4.78, 5) is 0.329. The van der Waals surface area contributed by atoms with Crippen molar-refractivity contribution in [2.24, 2.45) is 5.92 Å². The third-order valence-electron chi connectivity index (χ3n) is 3.25. The molecule has 0 fully saturated rings. The Hall–Kier alpha value is -1.07. The van der Waals surface area contributed by atoms with Crippen LogP contribution in [0.4, 0.5) is 5.69 Å². The molecule has 0 bridgehead atoms. The van der Waals surface area contributed by atoms with Crippen LogP contribution in [0.2, 0.25) is 0 Å². The van der Waals surface area contributed by atoms with Gasteiger partial charge in [0.25, 0.3) is 0 Å². The van der Waals surface area contributed by atoms with Crippen molar-refractivity contribution in [1.29, 1.82) is 0 Å². The predicted octanol–water partition coefficient (Wildman–Crippen LogP) is 2.78. The van der Waals surface area contributed by atoms with Crippen molar-refractivity contribution < 1.29 is 8.42 Å². The van der Waals surface area contributed by atoms with Crippen LogP contribution in [-0.2, 0) is 10.0 Å². The fraction of sp³-hybridized carbons (Fsp3) is 0.571. The number of para-hydroxylation sites is 1. The van der Waals surface area contributed by atoms with Gasteiger partial charge in [-0.3, -0.25) is 0 Å². The van der Waals surface area contributed by atoms with Crippen LogP contribution in [0.3, 0.4) is 0 Å². The highest BCUT2D eigenvalue weighted by atomic mass is 32.2. The van der Waals surface area contributed by atoms with Crippen LogP contribution in [0.5, 0.6) is 0 Å². The predicted molar refractivity (Wildman–Crippen MR) is 79.9 cm³/mol. The molecule has 4 nitrogen and oxygen atoms in total. The summed E-state index contributed by atoms with van der Waals surface area (Å²) in [6.45, 7) is 6.14. The first-order valence-corrected chi connectivity index (χ1v) is 7.99. The number of nitrogens with one attached hydrogen (secondary N) is 1. The number of hydrogen-bond acceptors (Lipinski definition) is 3. The van der Waals surface area contributed by atoms with Crippen LogP contribution < -0.4 is 5.32 Å². The zero-order chi connectivity index (χ0) is 14.6. The Labute approximate surface area is 116 Å². The molecule has 0 saturated heterocycles. The molecule has 5 heteroatoms. The molecule has 1 aromatic rings. The molecule has 0 aromatic heterocycles. The van der Waals surface area contributed by atoms with E-state index >= 15 is 0 Å². The lowest BCUT2D eigenvalue weighted by atomic mass is 10.1. The summed E-state index contributed by atoms with van der Waals surface area (Å²) < 4.78 is 26.7. The van der Waals surface area contributed by atoms with E-state index in [0.29, 0.717) is 16.5 Å². The minimum absolute atomic E-state index is 0.0186. The Morgan fingerprint density at radius 2 is 1.79 bits per heavy atom. The molecule has 1 rings (SSSR count). The lowest BCUT2D eigenvalue weighted by Crippen LogP contribution is -2.36. The van der Waals surface area contributed by atoms with Gasteiger partial charge >= 0.3 is 0 Å². The molecule has 0 aliphatic carbocycles. The molecule has 0 heterocycles. The molecule has 1 atom stereocenters. The van der Waals surface area contributed by atoms with Gasteiger partial charge in [-0.15, -0.1) is 0 Å². The number of hydrogen-bond donors (Lipinski definition) is 1. The molecule has 0 spiro atoms. The van der Waals surface area contributed by atoms with Gasteiger partial charge in [-0.25, -0.2) is 8.42 Å². The molecular weight excluding hydrogens is 260 g/mol. The molecule has 108 valence electrons. The topological polar surface area (TPSA) is 49.4 Å². The second-order valence-electron chi connectivity index (χ2n) is 5.25. The van der Waals surface area contributed by atoms with Gasteiger partial charge in [0.1, 0.15) is 4.90 Å². The van der Waals surface area contributed by atoms with Gasteiger partial charge in [0.05, 0.1) is 5.69 Å². The Morgan fingerprint density at radius 3 is 2.32 bits per heavy atom. The van der Waals surface area contributed by atoms with E-state index in [9.17, 15) is 8.42 Å². The third kappa shape index (κ3) is 3.70. The summed E-state index contributed by atoms with van der Waals surface area (Å²) >= 11 is 0. The van der Waals surface area contributed by atoms with E-state index < -0.39 is 10.0 Å². The Balaban J connectivity index is 3.09. The van der Waals surface area contributed by atoms with Crippen LogP contribution in [0.1, 0.15) is 27.2 Å². The van der Waals surface area contributed by atoms with Crippen molar-refractivity contribution in [2.45, 2.75) is 38.1 Å². The molecule has 0 saturated carbocycles. The standard InChI is InChI=1S/C14H24N2O2S/c1-11(2)10-12(3)16(5)19(17,18)14-9-7-6-8-13(14)15-4/h6-9,11-12,15H,10H2,1-5H3. The summed E-state index contributed by atoms with van der Waals surface area (Å²) in [5.41, 5.74) is 0.631. The van der Waals surface area contributed by atoms with Crippen molar-refractivity contribution in [3.8, 4) is 0 Å². The average molecular weight is 284 g/mol. The lowest BCUT2D eigenvalue weighted by Gasteiger charge is -2.26. The van der Waals surface area contributed by atoms with Crippen molar-refractivity contribution in [1.82, 2.24) is 4.31 Å². The van der Waals surface area contributed by atoms with E-state index in [-0.39, 0.29) is 6.04 Å². The van der Waals surface area contributed by atoms with Crippen molar-refractivity contribution in [2.75, 3.05) is 19.4 Å². The first kappa shape index (κ1) is 16.0. The molecule has 0 radical (unpaired) electrons. The van der Waals surface area contributed by atoms with E-state index in [1.807, 2.05) is 13.0 Å². The highest BCUT2D eigenvalue weighted by Gasteiger charge is 2.27.